The van der Waals surface area contributed by atoms with Gasteiger partial charge in [-0.15, -0.1) is 0 Å². The van der Waals surface area contributed by atoms with Gasteiger partial charge < -0.3 is 4.90 Å². The minimum Gasteiger partial charge on any atom is -0.372 e. The summed E-state index contributed by atoms with van der Waals surface area (Å²) in [6.45, 7) is 6.84. The SMILES string of the molecule is Cc1cc(C)cc(N2CCCCC2)c1. The van der Waals surface area contributed by atoms with E-state index in [1.54, 1.807) is 0 Å². The minimum absolute atomic E-state index is 1.24. The third kappa shape index (κ3) is 2.09. The van der Waals surface area contributed by atoms with Crippen LogP contribution in [-0.4, -0.2) is 13.1 Å². The van der Waals surface area contributed by atoms with E-state index in [-0.39, 0.29) is 0 Å². The Kier molecular flexibility index (Phi) is 2.76. The van der Waals surface area contributed by atoms with Crippen LogP contribution in [0, 0.1) is 13.8 Å². The fourth-order valence-corrected chi connectivity index (χ4v) is 2.29. The molecule has 0 amide bonds. The zero-order valence-corrected chi connectivity index (χ0v) is 9.21. The van der Waals surface area contributed by atoms with E-state index >= 15 is 0 Å². The summed E-state index contributed by atoms with van der Waals surface area (Å²) in [6, 6.07) is 6.85. The predicted molar refractivity (Wildman–Crippen MR) is 62.0 cm³/mol. The number of benzene rings is 1. The predicted octanol–water partition coefficient (Wildman–Crippen LogP) is 3.29. The molecule has 1 nitrogen and oxygen atoms in total. The van der Waals surface area contributed by atoms with E-state index < -0.39 is 0 Å². The smallest absolute Gasteiger partial charge is 0.0371 e. The normalized spacial score (nSPS) is 17.1. The Morgan fingerprint density at radius 2 is 1.43 bits per heavy atom. The highest BCUT2D eigenvalue weighted by molar-refractivity contribution is 5.51. The standard InChI is InChI=1S/C13H19N/c1-11-8-12(2)10-13(9-11)14-6-4-3-5-7-14/h8-10H,3-7H2,1-2H3. The highest BCUT2D eigenvalue weighted by Gasteiger charge is 2.10. The van der Waals surface area contributed by atoms with Gasteiger partial charge in [-0.25, -0.2) is 0 Å². The lowest BCUT2D eigenvalue weighted by Gasteiger charge is -2.29. The Hall–Kier alpha value is -0.980. The molecule has 76 valence electrons. The third-order valence-electron chi connectivity index (χ3n) is 2.93. The maximum absolute atomic E-state index is 2.52. The molecule has 0 unspecified atom stereocenters. The molecule has 0 aromatic heterocycles. The van der Waals surface area contributed by atoms with Crippen LogP contribution < -0.4 is 4.90 Å². The molecule has 0 N–H and O–H groups in total. The van der Waals surface area contributed by atoms with Crippen molar-refractivity contribution in [1.82, 2.24) is 0 Å². The lowest BCUT2D eigenvalue weighted by molar-refractivity contribution is 0.577. The Morgan fingerprint density at radius 3 is 2.00 bits per heavy atom. The molecule has 1 saturated heterocycles. The second-order valence-electron chi connectivity index (χ2n) is 4.39. The quantitative estimate of drug-likeness (QED) is 0.655. The van der Waals surface area contributed by atoms with Crippen molar-refractivity contribution in [3.8, 4) is 0 Å². The molecule has 0 atom stereocenters. The van der Waals surface area contributed by atoms with E-state index in [0.717, 1.165) is 0 Å². The van der Waals surface area contributed by atoms with Gasteiger partial charge in [0.15, 0.2) is 0 Å². The summed E-state index contributed by atoms with van der Waals surface area (Å²) in [4.78, 5) is 2.52. The van der Waals surface area contributed by atoms with Gasteiger partial charge in [-0.1, -0.05) is 6.07 Å². The maximum Gasteiger partial charge on any atom is 0.0371 e. The van der Waals surface area contributed by atoms with Gasteiger partial charge in [-0.3, -0.25) is 0 Å². The molecule has 1 aliphatic rings. The number of piperidine rings is 1. The van der Waals surface area contributed by atoms with Gasteiger partial charge in [-0.05, 0) is 56.4 Å². The average Bonchev–Trinajstić information content (AvgIpc) is 2.18. The van der Waals surface area contributed by atoms with Crippen molar-refractivity contribution in [1.29, 1.82) is 0 Å². The molecule has 1 heteroatoms. The zero-order chi connectivity index (χ0) is 9.97. The number of hydrogen-bond acceptors (Lipinski definition) is 1. The molecule has 1 aromatic rings. The van der Waals surface area contributed by atoms with Crippen LogP contribution >= 0.6 is 0 Å². The summed E-state index contributed by atoms with van der Waals surface area (Å²) in [7, 11) is 0. The van der Waals surface area contributed by atoms with E-state index in [1.807, 2.05) is 0 Å². The van der Waals surface area contributed by atoms with Gasteiger partial charge in [0, 0.05) is 18.8 Å². The van der Waals surface area contributed by atoms with Gasteiger partial charge >= 0.3 is 0 Å². The summed E-state index contributed by atoms with van der Waals surface area (Å²) in [6.07, 6.45) is 4.11. The van der Waals surface area contributed by atoms with Crippen LogP contribution in [0.15, 0.2) is 18.2 Å². The molecule has 14 heavy (non-hydrogen) atoms. The monoisotopic (exact) mass is 189 g/mol. The van der Waals surface area contributed by atoms with Crippen molar-refractivity contribution in [3.63, 3.8) is 0 Å². The second-order valence-corrected chi connectivity index (χ2v) is 4.39. The first-order valence-electron chi connectivity index (χ1n) is 5.59. The fourth-order valence-electron chi connectivity index (χ4n) is 2.29. The molecule has 2 rings (SSSR count). The molecule has 1 aromatic carbocycles. The largest absolute Gasteiger partial charge is 0.372 e. The van der Waals surface area contributed by atoms with Crippen LogP contribution in [0.1, 0.15) is 30.4 Å². The van der Waals surface area contributed by atoms with E-state index in [4.69, 9.17) is 0 Å². The summed E-state index contributed by atoms with van der Waals surface area (Å²) >= 11 is 0. The number of anilines is 1. The number of hydrogen-bond donors (Lipinski definition) is 0. The molecule has 0 bridgehead atoms. The highest BCUT2D eigenvalue weighted by atomic mass is 15.1. The Labute approximate surface area is 86.7 Å². The Balaban J connectivity index is 2.21. The van der Waals surface area contributed by atoms with E-state index in [9.17, 15) is 0 Å². The van der Waals surface area contributed by atoms with Gasteiger partial charge in [0.2, 0.25) is 0 Å². The molecule has 1 fully saturated rings. The summed E-state index contributed by atoms with van der Waals surface area (Å²) in [5.41, 5.74) is 4.18. The Bertz CT molecular complexity index is 291. The first kappa shape index (κ1) is 9.57. The van der Waals surface area contributed by atoms with Gasteiger partial charge in [0.1, 0.15) is 0 Å². The van der Waals surface area contributed by atoms with Crippen molar-refractivity contribution < 1.29 is 0 Å². The van der Waals surface area contributed by atoms with E-state index in [1.165, 1.54) is 49.2 Å². The first-order valence-corrected chi connectivity index (χ1v) is 5.59. The lowest BCUT2D eigenvalue weighted by Crippen LogP contribution is -2.29. The molecule has 0 saturated carbocycles. The second kappa shape index (κ2) is 4.04. The van der Waals surface area contributed by atoms with Crippen molar-refractivity contribution in [3.05, 3.63) is 29.3 Å². The van der Waals surface area contributed by atoms with Crippen LogP contribution in [0.5, 0.6) is 0 Å². The van der Waals surface area contributed by atoms with E-state index in [0.29, 0.717) is 0 Å². The first-order chi connectivity index (χ1) is 6.75. The third-order valence-corrected chi connectivity index (χ3v) is 2.93. The molecule has 0 radical (unpaired) electrons. The molecule has 0 aliphatic carbocycles. The van der Waals surface area contributed by atoms with Crippen LogP contribution in [0.3, 0.4) is 0 Å². The lowest BCUT2D eigenvalue weighted by atomic mass is 10.1. The molecule has 1 aliphatic heterocycles. The van der Waals surface area contributed by atoms with Gasteiger partial charge in [0.25, 0.3) is 0 Å². The van der Waals surface area contributed by atoms with Crippen LogP contribution in [-0.2, 0) is 0 Å². The van der Waals surface area contributed by atoms with Crippen molar-refractivity contribution >= 4 is 5.69 Å². The molecule has 0 spiro atoms. The summed E-state index contributed by atoms with van der Waals surface area (Å²) < 4.78 is 0. The van der Waals surface area contributed by atoms with Crippen molar-refractivity contribution in [2.75, 3.05) is 18.0 Å². The van der Waals surface area contributed by atoms with Crippen LogP contribution in [0.25, 0.3) is 0 Å². The molecular formula is C13H19N. The zero-order valence-electron chi connectivity index (χ0n) is 9.21. The number of rotatable bonds is 1. The summed E-state index contributed by atoms with van der Waals surface area (Å²) in [5.74, 6) is 0. The number of aryl methyl sites for hydroxylation is 2. The van der Waals surface area contributed by atoms with Gasteiger partial charge in [-0.2, -0.15) is 0 Å². The summed E-state index contributed by atoms with van der Waals surface area (Å²) in [5, 5.41) is 0. The van der Waals surface area contributed by atoms with Crippen molar-refractivity contribution in [2.45, 2.75) is 33.1 Å². The van der Waals surface area contributed by atoms with Crippen molar-refractivity contribution in [2.24, 2.45) is 0 Å². The average molecular weight is 189 g/mol. The van der Waals surface area contributed by atoms with Crippen LogP contribution in [0.2, 0.25) is 0 Å². The maximum atomic E-state index is 2.52. The topological polar surface area (TPSA) is 3.24 Å². The number of nitrogens with zero attached hydrogens (tertiary/aromatic N) is 1. The Morgan fingerprint density at radius 1 is 0.857 bits per heavy atom. The van der Waals surface area contributed by atoms with Crippen LogP contribution in [0.4, 0.5) is 5.69 Å². The minimum atomic E-state index is 1.24. The fraction of sp³-hybridized carbons (Fsp3) is 0.538. The highest BCUT2D eigenvalue weighted by Crippen LogP contribution is 2.22. The molecular weight excluding hydrogens is 170 g/mol. The van der Waals surface area contributed by atoms with Gasteiger partial charge in [0.05, 0.1) is 0 Å². The molecule has 1 heterocycles. The van der Waals surface area contributed by atoms with E-state index in [2.05, 4.69) is 36.9 Å².